The minimum atomic E-state index is 0.872. The van der Waals surface area contributed by atoms with Crippen molar-refractivity contribution in [2.45, 2.75) is 13.5 Å². The highest BCUT2D eigenvalue weighted by Gasteiger charge is 2.06. The zero-order valence-electron chi connectivity index (χ0n) is 9.68. The van der Waals surface area contributed by atoms with Gasteiger partial charge in [0.05, 0.1) is 7.11 Å². The van der Waals surface area contributed by atoms with Gasteiger partial charge in [0.1, 0.15) is 0 Å². The zero-order chi connectivity index (χ0) is 11.4. The molecule has 1 aromatic heterocycles. The van der Waals surface area contributed by atoms with Gasteiger partial charge in [0.25, 0.3) is 0 Å². The van der Waals surface area contributed by atoms with Crippen LogP contribution in [-0.2, 0) is 6.54 Å². The van der Waals surface area contributed by atoms with Crippen molar-refractivity contribution in [1.29, 1.82) is 0 Å². The molecule has 0 saturated carbocycles. The number of ether oxygens (including phenoxy) is 1. The maximum absolute atomic E-state index is 5.30. The summed E-state index contributed by atoms with van der Waals surface area (Å²) < 4.78 is 7.43. The molecule has 2 heteroatoms. The number of nitrogens with zero attached hydrogens (tertiary/aromatic N) is 1. The van der Waals surface area contributed by atoms with Gasteiger partial charge in [-0.2, -0.15) is 4.57 Å². The minimum Gasteiger partial charge on any atom is -0.491 e. The Morgan fingerprint density at radius 3 is 2.56 bits per heavy atom. The van der Waals surface area contributed by atoms with Crippen LogP contribution in [0.4, 0.5) is 0 Å². The van der Waals surface area contributed by atoms with E-state index in [0.29, 0.717) is 0 Å². The predicted octanol–water partition coefficient (Wildman–Crippen LogP) is 2.34. The highest BCUT2D eigenvalue weighted by atomic mass is 16.5. The van der Waals surface area contributed by atoms with Crippen LogP contribution in [0.25, 0.3) is 0 Å². The van der Waals surface area contributed by atoms with E-state index in [2.05, 4.69) is 41.1 Å². The molecular weight excluding hydrogens is 198 g/mol. The number of hydrogen-bond donors (Lipinski definition) is 0. The van der Waals surface area contributed by atoms with Gasteiger partial charge in [-0.25, -0.2) is 0 Å². The van der Waals surface area contributed by atoms with Crippen molar-refractivity contribution < 1.29 is 9.30 Å². The number of pyridine rings is 1. The van der Waals surface area contributed by atoms with Gasteiger partial charge in [-0.15, -0.1) is 0 Å². The molecule has 0 amide bonds. The van der Waals surface area contributed by atoms with Crippen LogP contribution in [0.3, 0.4) is 0 Å². The summed E-state index contributed by atoms with van der Waals surface area (Å²) in [5, 5.41) is 0. The van der Waals surface area contributed by atoms with Crippen LogP contribution in [0.2, 0.25) is 0 Å². The molecule has 2 aromatic rings. The van der Waals surface area contributed by atoms with Crippen molar-refractivity contribution in [3.63, 3.8) is 0 Å². The first-order valence-electron chi connectivity index (χ1n) is 5.37. The molecule has 2 nitrogen and oxygen atoms in total. The van der Waals surface area contributed by atoms with E-state index in [9.17, 15) is 0 Å². The fourth-order valence-corrected chi connectivity index (χ4v) is 1.69. The van der Waals surface area contributed by atoms with Crippen LogP contribution < -0.4 is 9.30 Å². The lowest BCUT2D eigenvalue weighted by Gasteiger charge is -2.03. The second-order valence-corrected chi connectivity index (χ2v) is 3.85. The summed E-state index contributed by atoms with van der Waals surface area (Å²) in [7, 11) is 1.70. The van der Waals surface area contributed by atoms with E-state index in [1.54, 1.807) is 7.11 Å². The van der Waals surface area contributed by atoms with Gasteiger partial charge >= 0.3 is 0 Å². The van der Waals surface area contributed by atoms with Gasteiger partial charge in [0.2, 0.25) is 6.20 Å². The van der Waals surface area contributed by atoms with E-state index in [1.165, 1.54) is 5.56 Å². The summed E-state index contributed by atoms with van der Waals surface area (Å²) in [5.41, 5.74) is 2.45. The first-order chi connectivity index (χ1) is 7.79. The van der Waals surface area contributed by atoms with Gasteiger partial charge in [0, 0.05) is 17.2 Å². The van der Waals surface area contributed by atoms with Crippen molar-refractivity contribution in [3.8, 4) is 5.75 Å². The molecule has 0 bridgehead atoms. The Labute approximate surface area is 96.1 Å². The summed E-state index contributed by atoms with van der Waals surface area (Å²) in [4.78, 5) is 0. The monoisotopic (exact) mass is 214 g/mol. The topological polar surface area (TPSA) is 13.1 Å². The van der Waals surface area contributed by atoms with Gasteiger partial charge in [-0.05, 0) is 6.92 Å². The third kappa shape index (κ3) is 2.40. The lowest BCUT2D eigenvalue weighted by molar-refractivity contribution is -0.688. The number of aromatic nitrogens is 1. The highest BCUT2D eigenvalue weighted by molar-refractivity contribution is 5.25. The number of methoxy groups -OCH3 is 1. The van der Waals surface area contributed by atoms with Crippen LogP contribution in [0.1, 0.15) is 11.1 Å². The van der Waals surface area contributed by atoms with Gasteiger partial charge in [0.15, 0.2) is 18.5 Å². The Morgan fingerprint density at radius 2 is 1.88 bits per heavy atom. The maximum atomic E-state index is 5.30. The van der Waals surface area contributed by atoms with Crippen molar-refractivity contribution in [3.05, 3.63) is 59.9 Å². The first-order valence-corrected chi connectivity index (χ1v) is 5.37. The molecule has 0 unspecified atom stereocenters. The first kappa shape index (κ1) is 10.7. The molecule has 1 aromatic carbocycles. The van der Waals surface area contributed by atoms with Crippen LogP contribution in [0, 0.1) is 6.92 Å². The molecule has 0 fully saturated rings. The molecule has 0 spiro atoms. The SMILES string of the molecule is COc1c[n+](Cc2ccccc2)ccc1C. The Morgan fingerprint density at radius 1 is 1.12 bits per heavy atom. The van der Waals surface area contributed by atoms with Gasteiger partial charge in [-0.3, -0.25) is 0 Å². The Kier molecular flexibility index (Phi) is 3.20. The second-order valence-electron chi connectivity index (χ2n) is 3.85. The average Bonchev–Trinajstić information content (AvgIpc) is 2.33. The average molecular weight is 214 g/mol. The molecule has 16 heavy (non-hydrogen) atoms. The van der Waals surface area contributed by atoms with Crippen LogP contribution >= 0.6 is 0 Å². The summed E-state index contributed by atoms with van der Waals surface area (Å²) >= 11 is 0. The molecular formula is C14H16NO+. The van der Waals surface area contributed by atoms with Gasteiger partial charge < -0.3 is 4.74 Å². The summed E-state index contributed by atoms with van der Waals surface area (Å²) in [6.45, 7) is 2.92. The number of rotatable bonds is 3. The third-order valence-electron chi connectivity index (χ3n) is 2.62. The van der Waals surface area contributed by atoms with Gasteiger partial charge in [-0.1, -0.05) is 30.3 Å². The van der Waals surface area contributed by atoms with E-state index >= 15 is 0 Å². The van der Waals surface area contributed by atoms with E-state index in [0.717, 1.165) is 17.9 Å². The zero-order valence-corrected chi connectivity index (χ0v) is 9.68. The Balaban J connectivity index is 2.22. The van der Waals surface area contributed by atoms with Crippen molar-refractivity contribution in [1.82, 2.24) is 0 Å². The fraction of sp³-hybridized carbons (Fsp3) is 0.214. The van der Waals surface area contributed by atoms with Crippen molar-refractivity contribution in [2.75, 3.05) is 7.11 Å². The number of aryl methyl sites for hydroxylation is 1. The molecule has 0 atom stereocenters. The van der Waals surface area contributed by atoms with E-state index < -0.39 is 0 Å². The predicted molar refractivity (Wildman–Crippen MR) is 63.5 cm³/mol. The number of hydrogen-bond acceptors (Lipinski definition) is 1. The maximum Gasteiger partial charge on any atom is 0.211 e. The highest BCUT2D eigenvalue weighted by Crippen LogP contribution is 2.12. The molecule has 1 heterocycles. The van der Waals surface area contributed by atoms with E-state index in [1.807, 2.05) is 19.2 Å². The molecule has 0 aliphatic heterocycles. The normalized spacial score (nSPS) is 10.1. The third-order valence-corrected chi connectivity index (χ3v) is 2.62. The van der Waals surface area contributed by atoms with Crippen LogP contribution in [0.15, 0.2) is 48.8 Å². The standard InChI is InChI=1S/C14H16NO/c1-12-8-9-15(11-14(12)16-2)10-13-6-4-3-5-7-13/h3-9,11H,10H2,1-2H3/q+1. The molecule has 0 saturated heterocycles. The lowest BCUT2D eigenvalue weighted by Crippen LogP contribution is -2.33. The smallest absolute Gasteiger partial charge is 0.211 e. The molecule has 82 valence electrons. The Bertz CT molecular complexity index is 465. The quantitative estimate of drug-likeness (QED) is 0.715. The number of benzene rings is 1. The molecule has 0 aliphatic carbocycles. The summed E-state index contributed by atoms with van der Waals surface area (Å²) in [5.74, 6) is 0.929. The molecule has 0 radical (unpaired) electrons. The van der Waals surface area contributed by atoms with Crippen molar-refractivity contribution in [2.24, 2.45) is 0 Å². The minimum absolute atomic E-state index is 0.872. The van der Waals surface area contributed by atoms with E-state index in [-0.39, 0.29) is 0 Å². The molecule has 2 rings (SSSR count). The van der Waals surface area contributed by atoms with Crippen molar-refractivity contribution >= 4 is 0 Å². The Hall–Kier alpha value is -1.83. The molecule has 0 N–H and O–H groups in total. The lowest BCUT2D eigenvalue weighted by atomic mass is 10.2. The summed E-state index contributed by atoms with van der Waals surface area (Å²) in [6, 6.07) is 12.5. The van der Waals surface area contributed by atoms with E-state index in [4.69, 9.17) is 4.74 Å². The molecule has 0 aliphatic rings. The summed E-state index contributed by atoms with van der Waals surface area (Å²) in [6.07, 6.45) is 4.10. The fourth-order valence-electron chi connectivity index (χ4n) is 1.69. The van der Waals surface area contributed by atoms with Crippen LogP contribution in [-0.4, -0.2) is 7.11 Å². The van der Waals surface area contributed by atoms with Crippen LogP contribution in [0.5, 0.6) is 5.75 Å². The largest absolute Gasteiger partial charge is 0.491 e. The second kappa shape index (κ2) is 4.79.